The maximum absolute atomic E-state index is 14.7. The number of fused-ring (bicyclic) bond motifs is 1. The lowest BCUT2D eigenvalue weighted by Gasteiger charge is -2.44. The van der Waals surface area contributed by atoms with Crippen LogP contribution in [0.2, 0.25) is 72.5 Å². The Morgan fingerprint density at radius 2 is 1.21 bits per heavy atom. The number of nitrogens with zero attached hydrogens (tertiary/aromatic N) is 5. The van der Waals surface area contributed by atoms with Crippen LogP contribution in [0.5, 0.6) is 0 Å². The Labute approximate surface area is 396 Å². The summed E-state index contributed by atoms with van der Waals surface area (Å²) in [5.74, 6) is -0.452. The van der Waals surface area contributed by atoms with Crippen LogP contribution in [0.3, 0.4) is 0 Å². The van der Waals surface area contributed by atoms with Crippen molar-refractivity contribution in [2.45, 2.75) is 205 Å². The second-order valence-corrected chi connectivity index (χ2v) is 43.6. The highest BCUT2D eigenvalue weighted by Gasteiger charge is 2.56. The molecular formula is C45H82N8O9Si4. The molecule has 2 aliphatic rings. The fraction of sp³-hybridized carbons (Fsp3) is 0.778. The summed E-state index contributed by atoms with van der Waals surface area (Å²) in [6, 6.07) is 1.30. The highest BCUT2D eigenvalue weighted by atomic mass is 28.4. The van der Waals surface area contributed by atoms with E-state index in [-0.39, 0.29) is 51.5 Å². The lowest BCUT2D eigenvalue weighted by Crippen LogP contribution is -2.55. The predicted molar refractivity (Wildman–Crippen MR) is 269 cm³/mol. The summed E-state index contributed by atoms with van der Waals surface area (Å²) in [7, 11) is -9.87. The van der Waals surface area contributed by atoms with E-state index in [0.717, 1.165) is 0 Å². The fourth-order valence-corrected chi connectivity index (χ4v) is 12.1. The first-order valence-corrected chi connectivity index (χ1v) is 35.0. The van der Waals surface area contributed by atoms with E-state index in [2.05, 4.69) is 161 Å². The first-order chi connectivity index (χ1) is 29.9. The van der Waals surface area contributed by atoms with Gasteiger partial charge < -0.3 is 38.2 Å². The normalized spacial score (nSPS) is 25.2. The third kappa shape index (κ3) is 11.4. The topological polar surface area (TPSA) is 209 Å². The third-order valence-corrected chi connectivity index (χ3v) is 33.5. The highest BCUT2D eigenvalue weighted by Crippen LogP contribution is 2.48. The van der Waals surface area contributed by atoms with E-state index in [1.165, 1.54) is 23.2 Å². The maximum atomic E-state index is 14.7. The van der Waals surface area contributed by atoms with E-state index in [0.29, 0.717) is 11.2 Å². The van der Waals surface area contributed by atoms with Gasteiger partial charge in [0.15, 0.2) is 57.2 Å². The number of nitrogens with two attached hydrogens (primary N) is 1. The summed E-state index contributed by atoms with van der Waals surface area (Å²) in [5, 5.41) is 2.60. The molecule has 5 rings (SSSR count). The Balaban J connectivity index is 1.55. The number of anilines is 1. The molecule has 0 bridgehead atoms. The molecule has 2 fully saturated rings. The molecule has 17 nitrogen and oxygen atoms in total. The zero-order chi connectivity index (χ0) is 50.0. The molecule has 2 aliphatic heterocycles. The van der Waals surface area contributed by atoms with Gasteiger partial charge in [-0.2, -0.15) is 0 Å². The van der Waals surface area contributed by atoms with Gasteiger partial charge in [0.2, 0.25) is 5.91 Å². The van der Waals surface area contributed by atoms with Gasteiger partial charge in [-0.25, -0.2) is 19.7 Å². The SMILES string of the molecule is CC(C)(C)[Si](C)(C)OC[C@H]1O[C@@H](n2cnc3c(N)ncnc32)[C@H](O[Si](C)(C)C(C)(C)C)[C@@H]1CC(=O)NC[C@H]1O[C@@H](n2ccc(=O)[nH]c2=O)[C@H](O[Si](C)(C)C(C)(C)C)[C@@H]1O[Si](C)(C)C(C)(C)C. The Morgan fingerprint density at radius 3 is 1.74 bits per heavy atom. The van der Waals surface area contributed by atoms with Crippen molar-refractivity contribution in [3.8, 4) is 0 Å². The minimum absolute atomic E-state index is 0.0399. The molecule has 2 saturated heterocycles. The molecule has 1 amide bonds. The van der Waals surface area contributed by atoms with Crippen molar-refractivity contribution < 1.29 is 32.0 Å². The van der Waals surface area contributed by atoms with Crippen molar-refractivity contribution in [2.75, 3.05) is 18.9 Å². The summed E-state index contributed by atoms with van der Waals surface area (Å²) in [6.07, 6.45) is -0.413. The predicted octanol–water partition coefficient (Wildman–Crippen LogP) is 8.07. The molecule has 0 spiro atoms. The van der Waals surface area contributed by atoms with Crippen molar-refractivity contribution in [2.24, 2.45) is 5.92 Å². The second kappa shape index (κ2) is 18.8. The molecule has 21 heteroatoms. The molecule has 4 N–H and O–H groups in total. The Hall–Kier alpha value is -2.87. The van der Waals surface area contributed by atoms with Crippen LogP contribution in [0.25, 0.3) is 11.2 Å². The van der Waals surface area contributed by atoms with Gasteiger partial charge in [-0.3, -0.25) is 23.7 Å². The molecule has 0 radical (unpaired) electrons. The number of aromatic amines is 1. The molecule has 0 saturated carbocycles. The summed E-state index contributed by atoms with van der Waals surface area (Å²) < 4.78 is 45.7. The van der Waals surface area contributed by atoms with Crippen molar-refractivity contribution in [3.05, 3.63) is 45.8 Å². The zero-order valence-corrected chi connectivity index (χ0v) is 47.5. The average molecular weight is 992 g/mol. The van der Waals surface area contributed by atoms with Crippen LogP contribution in [0.1, 0.15) is 102 Å². The second-order valence-electron chi connectivity index (χ2n) is 24.5. The first-order valence-electron chi connectivity index (χ1n) is 23.4. The van der Waals surface area contributed by atoms with Crippen molar-refractivity contribution in [3.63, 3.8) is 0 Å². The number of carbonyl (C=O) groups is 1. The molecule has 0 aromatic carbocycles. The number of aromatic nitrogens is 6. The molecule has 0 unspecified atom stereocenters. The molecule has 3 aromatic heterocycles. The van der Waals surface area contributed by atoms with Crippen molar-refractivity contribution >= 4 is 56.2 Å². The largest absolute Gasteiger partial charge is 0.414 e. The van der Waals surface area contributed by atoms with Crippen molar-refractivity contribution in [1.82, 2.24) is 34.4 Å². The van der Waals surface area contributed by atoms with E-state index in [4.69, 9.17) is 32.9 Å². The number of nitrogens with one attached hydrogen (secondary N) is 2. The molecule has 0 aliphatic carbocycles. The quantitative estimate of drug-likeness (QED) is 0.123. The third-order valence-electron chi connectivity index (χ3n) is 15.6. The Morgan fingerprint density at radius 1 is 0.712 bits per heavy atom. The summed E-state index contributed by atoms with van der Waals surface area (Å²) in [5.41, 5.74) is 6.08. The number of imidazole rings is 1. The molecule has 372 valence electrons. The zero-order valence-electron chi connectivity index (χ0n) is 43.5. The lowest BCUT2D eigenvalue weighted by atomic mass is 9.94. The monoisotopic (exact) mass is 991 g/mol. The van der Waals surface area contributed by atoms with Gasteiger partial charge in [-0.15, -0.1) is 0 Å². The summed E-state index contributed by atoms with van der Waals surface area (Å²) >= 11 is 0. The van der Waals surface area contributed by atoms with Gasteiger partial charge in [0.05, 0.1) is 25.1 Å². The summed E-state index contributed by atoms with van der Waals surface area (Å²) in [6.45, 7) is 43.8. The van der Waals surface area contributed by atoms with E-state index >= 15 is 0 Å². The summed E-state index contributed by atoms with van der Waals surface area (Å²) in [4.78, 5) is 56.2. The molecule has 8 atom stereocenters. The molecular weight excluding hydrogens is 909 g/mol. The Kier molecular flexibility index (Phi) is 15.4. The van der Waals surface area contributed by atoms with Crippen LogP contribution < -0.4 is 22.3 Å². The van der Waals surface area contributed by atoms with Crippen LogP contribution in [-0.4, -0.2) is 112 Å². The molecule has 66 heavy (non-hydrogen) atoms. The van der Waals surface area contributed by atoms with Gasteiger partial charge in [-0.1, -0.05) is 83.1 Å². The standard InChI is InChI=1S/C45H82N8O9Si4/c1-42(2,3)63(13,14)57-25-30-28(34(60-64(15,16)43(4,5)6)39(59-30)53-27-50-33-37(46)48-26-49-38(33)53)23-32(55)47-24-29-35(61-65(17,18)44(7,8)9)36(62-66(19,20)45(10,11)12)40(58-29)52-22-21-31(54)51-41(52)56/h21-22,26-30,34-36,39-40H,23-25H2,1-20H3,(H,47,55)(H2,46,48,49)(H,51,54,56)/t28-,29-,30-,34-,35-,36-,39-,40-/m1/s1. The first kappa shape index (κ1) is 54.1. The maximum Gasteiger partial charge on any atom is 0.330 e. The highest BCUT2D eigenvalue weighted by molar-refractivity contribution is 6.75. The van der Waals surface area contributed by atoms with Gasteiger partial charge >= 0.3 is 5.69 Å². The van der Waals surface area contributed by atoms with Crippen LogP contribution in [0.4, 0.5) is 5.82 Å². The van der Waals surface area contributed by atoms with Crippen LogP contribution in [-0.2, 0) is 32.0 Å². The smallest absolute Gasteiger partial charge is 0.330 e. The number of ether oxygens (including phenoxy) is 2. The number of H-pyrrole nitrogens is 1. The van der Waals surface area contributed by atoms with Gasteiger partial charge in [0.25, 0.3) is 5.56 Å². The number of nitrogen functional groups attached to an aromatic ring is 1. The van der Waals surface area contributed by atoms with Gasteiger partial charge in [0, 0.05) is 31.1 Å². The number of carbonyl (C=O) groups excluding carboxylic acids is 1. The Bertz CT molecular complexity index is 2310. The number of rotatable bonds is 15. The lowest BCUT2D eigenvalue weighted by molar-refractivity contribution is -0.124. The van der Waals surface area contributed by atoms with Crippen molar-refractivity contribution in [1.29, 1.82) is 0 Å². The van der Waals surface area contributed by atoms with Crippen LogP contribution in [0, 0.1) is 5.92 Å². The van der Waals surface area contributed by atoms with E-state index < -0.39 is 93.4 Å². The van der Waals surface area contributed by atoms with E-state index in [9.17, 15) is 14.4 Å². The van der Waals surface area contributed by atoms with E-state index in [1.807, 2.05) is 4.57 Å². The number of hydrogen-bond donors (Lipinski definition) is 3. The number of amides is 1. The van der Waals surface area contributed by atoms with Gasteiger partial charge in [0.1, 0.15) is 30.2 Å². The number of hydrogen-bond acceptors (Lipinski definition) is 13. The average Bonchev–Trinajstić information content (AvgIpc) is 3.82. The van der Waals surface area contributed by atoms with E-state index in [1.54, 1.807) is 6.33 Å². The minimum atomic E-state index is -2.54. The fourth-order valence-electron chi connectivity index (χ4n) is 7.17. The molecule has 3 aromatic rings. The van der Waals surface area contributed by atoms with Crippen LogP contribution >= 0.6 is 0 Å². The van der Waals surface area contributed by atoms with Gasteiger partial charge in [-0.05, 0) is 72.5 Å². The molecule has 5 heterocycles. The van der Waals surface area contributed by atoms with Crippen LogP contribution in [0.15, 0.2) is 34.5 Å². The minimum Gasteiger partial charge on any atom is -0.414 e.